The third-order valence-electron chi connectivity index (χ3n) is 3.28. The minimum atomic E-state index is -0.492. The molecular formula is C17H12FN3OS. The van der Waals surface area contributed by atoms with Crippen molar-refractivity contribution in [1.29, 1.82) is 5.26 Å². The summed E-state index contributed by atoms with van der Waals surface area (Å²) in [6, 6.07) is 15.1. The second-order valence-electron chi connectivity index (χ2n) is 4.76. The average molecular weight is 325 g/mol. The molecule has 3 aromatic rings. The monoisotopic (exact) mass is 325 g/mol. The van der Waals surface area contributed by atoms with E-state index >= 15 is 0 Å². The number of nitrogens with zero attached hydrogens (tertiary/aromatic N) is 3. The van der Waals surface area contributed by atoms with Crippen LogP contribution in [0.3, 0.4) is 0 Å². The van der Waals surface area contributed by atoms with E-state index in [0.717, 1.165) is 0 Å². The highest BCUT2D eigenvalue weighted by molar-refractivity contribution is 7.99. The van der Waals surface area contributed by atoms with Gasteiger partial charge in [-0.25, -0.2) is 9.37 Å². The number of hydrogen-bond acceptors (Lipinski definition) is 4. The van der Waals surface area contributed by atoms with Crippen LogP contribution in [0.25, 0.3) is 16.6 Å². The van der Waals surface area contributed by atoms with Crippen LogP contribution in [0.15, 0.2) is 58.5 Å². The Kier molecular flexibility index (Phi) is 4.40. The second kappa shape index (κ2) is 6.63. The van der Waals surface area contributed by atoms with Crippen molar-refractivity contribution in [2.45, 2.75) is 11.6 Å². The first kappa shape index (κ1) is 15.3. The zero-order chi connectivity index (χ0) is 16.2. The van der Waals surface area contributed by atoms with Crippen molar-refractivity contribution in [2.24, 2.45) is 0 Å². The molecule has 0 saturated heterocycles. The van der Waals surface area contributed by atoms with Crippen LogP contribution >= 0.6 is 11.8 Å². The van der Waals surface area contributed by atoms with Gasteiger partial charge in [0.2, 0.25) is 0 Å². The topological polar surface area (TPSA) is 58.7 Å². The molecule has 0 aliphatic heterocycles. The molecule has 1 aromatic heterocycles. The molecule has 0 N–H and O–H groups in total. The van der Waals surface area contributed by atoms with Gasteiger partial charge >= 0.3 is 0 Å². The largest absolute Gasteiger partial charge is 0.268 e. The van der Waals surface area contributed by atoms with Gasteiger partial charge in [0.1, 0.15) is 5.82 Å². The summed E-state index contributed by atoms with van der Waals surface area (Å²) in [5.74, 6) is -0.00996. The molecular weight excluding hydrogens is 313 g/mol. The Morgan fingerprint density at radius 1 is 1.17 bits per heavy atom. The molecule has 1 heterocycles. The van der Waals surface area contributed by atoms with E-state index in [4.69, 9.17) is 5.26 Å². The first-order valence-corrected chi connectivity index (χ1v) is 7.97. The Hall–Kier alpha value is -2.65. The van der Waals surface area contributed by atoms with Gasteiger partial charge in [0.15, 0.2) is 5.16 Å². The second-order valence-corrected chi connectivity index (χ2v) is 5.82. The van der Waals surface area contributed by atoms with E-state index in [1.807, 2.05) is 0 Å². The molecule has 2 aromatic carbocycles. The van der Waals surface area contributed by atoms with E-state index in [2.05, 4.69) is 11.1 Å². The van der Waals surface area contributed by atoms with E-state index in [1.54, 1.807) is 42.5 Å². The predicted octanol–water partition coefficient (Wildman–Crippen LogP) is 3.53. The van der Waals surface area contributed by atoms with Gasteiger partial charge in [0.05, 0.1) is 22.7 Å². The number of nitriles is 1. The molecule has 3 rings (SSSR count). The molecule has 0 amide bonds. The van der Waals surface area contributed by atoms with Crippen LogP contribution in [0.2, 0.25) is 0 Å². The molecule has 4 nitrogen and oxygen atoms in total. The Bertz CT molecular complexity index is 962. The molecule has 0 atom stereocenters. The fourth-order valence-corrected chi connectivity index (χ4v) is 3.09. The molecule has 0 radical (unpaired) electrons. The highest BCUT2D eigenvalue weighted by atomic mass is 32.2. The summed E-state index contributed by atoms with van der Waals surface area (Å²) in [4.78, 5) is 17.3. The standard InChI is InChI=1S/C17H12FN3OS/c18-13-7-2-4-9-15(13)21-16(22)12-6-1-3-8-14(12)20-17(21)23-11-5-10-19/h1-4,6-9H,5,11H2. The van der Waals surface area contributed by atoms with Gasteiger partial charge in [0.25, 0.3) is 5.56 Å². The van der Waals surface area contributed by atoms with Gasteiger partial charge in [-0.2, -0.15) is 5.26 Å². The zero-order valence-corrected chi connectivity index (χ0v) is 12.9. The van der Waals surface area contributed by atoms with Crippen molar-refractivity contribution in [1.82, 2.24) is 9.55 Å². The maximum Gasteiger partial charge on any atom is 0.266 e. The van der Waals surface area contributed by atoms with Crippen LogP contribution in [0.4, 0.5) is 4.39 Å². The molecule has 0 spiro atoms. The minimum absolute atomic E-state index is 0.162. The molecule has 0 aliphatic rings. The fraction of sp³-hybridized carbons (Fsp3) is 0.118. The van der Waals surface area contributed by atoms with Crippen molar-refractivity contribution in [3.63, 3.8) is 0 Å². The SMILES string of the molecule is N#CCCSc1nc2ccccc2c(=O)n1-c1ccccc1F. The lowest BCUT2D eigenvalue weighted by Crippen LogP contribution is -2.22. The van der Waals surface area contributed by atoms with Crippen LogP contribution in [0.5, 0.6) is 0 Å². The highest BCUT2D eigenvalue weighted by Gasteiger charge is 2.15. The summed E-state index contributed by atoms with van der Waals surface area (Å²) in [5.41, 5.74) is 0.403. The molecule has 0 unspecified atom stereocenters. The lowest BCUT2D eigenvalue weighted by Gasteiger charge is -2.13. The van der Waals surface area contributed by atoms with Crippen molar-refractivity contribution in [3.05, 3.63) is 64.7 Å². The lowest BCUT2D eigenvalue weighted by molar-refractivity contribution is 0.608. The third-order valence-corrected chi connectivity index (χ3v) is 4.22. The number of benzene rings is 2. The number of hydrogen-bond donors (Lipinski definition) is 0. The Balaban J connectivity index is 2.27. The molecule has 114 valence electrons. The van der Waals surface area contributed by atoms with E-state index < -0.39 is 5.82 Å². The van der Waals surface area contributed by atoms with Gasteiger partial charge in [-0.05, 0) is 24.3 Å². The maximum absolute atomic E-state index is 14.2. The summed E-state index contributed by atoms with van der Waals surface area (Å²) >= 11 is 1.27. The number of fused-ring (bicyclic) bond motifs is 1. The van der Waals surface area contributed by atoms with Crippen molar-refractivity contribution >= 4 is 22.7 Å². The molecule has 0 aliphatic carbocycles. The molecule has 6 heteroatoms. The van der Waals surface area contributed by atoms with Crippen molar-refractivity contribution in [2.75, 3.05) is 5.75 Å². The van der Waals surface area contributed by atoms with E-state index in [-0.39, 0.29) is 11.2 Å². The number of aromatic nitrogens is 2. The summed E-state index contributed by atoms with van der Waals surface area (Å²) in [7, 11) is 0. The van der Waals surface area contributed by atoms with Gasteiger partial charge in [0, 0.05) is 12.2 Å². The Morgan fingerprint density at radius 2 is 1.91 bits per heavy atom. The molecule has 0 bridgehead atoms. The molecule has 23 heavy (non-hydrogen) atoms. The lowest BCUT2D eigenvalue weighted by atomic mass is 10.2. The summed E-state index contributed by atoms with van der Waals surface area (Å²) in [6.07, 6.45) is 0.324. The van der Waals surface area contributed by atoms with Crippen LogP contribution in [-0.2, 0) is 0 Å². The van der Waals surface area contributed by atoms with Crippen LogP contribution in [-0.4, -0.2) is 15.3 Å². The van der Waals surface area contributed by atoms with E-state index in [1.165, 1.54) is 22.4 Å². The third kappa shape index (κ3) is 2.96. The predicted molar refractivity (Wildman–Crippen MR) is 88.3 cm³/mol. The van der Waals surface area contributed by atoms with Gasteiger partial charge < -0.3 is 0 Å². The maximum atomic E-state index is 14.2. The van der Waals surface area contributed by atoms with Crippen LogP contribution in [0, 0.1) is 17.1 Å². The normalized spacial score (nSPS) is 10.6. The summed E-state index contributed by atoms with van der Waals surface area (Å²) in [6.45, 7) is 0. The summed E-state index contributed by atoms with van der Waals surface area (Å²) in [5, 5.41) is 9.50. The average Bonchev–Trinajstić information content (AvgIpc) is 2.57. The number of thioether (sulfide) groups is 1. The first-order chi connectivity index (χ1) is 11.2. The fourth-order valence-electron chi connectivity index (χ4n) is 2.24. The van der Waals surface area contributed by atoms with Gasteiger partial charge in [-0.3, -0.25) is 9.36 Å². The van der Waals surface area contributed by atoms with Crippen LogP contribution < -0.4 is 5.56 Å². The number of rotatable bonds is 4. The van der Waals surface area contributed by atoms with Crippen LogP contribution in [0.1, 0.15) is 6.42 Å². The Morgan fingerprint density at radius 3 is 2.70 bits per heavy atom. The first-order valence-electron chi connectivity index (χ1n) is 6.99. The van der Waals surface area contributed by atoms with Gasteiger partial charge in [-0.15, -0.1) is 0 Å². The molecule has 0 fully saturated rings. The van der Waals surface area contributed by atoms with Crippen molar-refractivity contribution in [3.8, 4) is 11.8 Å². The smallest absolute Gasteiger partial charge is 0.266 e. The highest BCUT2D eigenvalue weighted by Crippen LogP contribution is 2.23. The van der Waals surface area contributed by atoms with E-state index in [0.29, 0.717) is 28.2 Å². The van der Waals surface area contributed by atoms with Gasteiger partial charge in [-0.1, -0.05) is 36.0 Å². The number of halogens is 1. The quantitative estimate of drug-likeness (QED) is 0.418. The van der Waals surface area contributed by atoms with Crippen molar-refractivity contribution < 1.29 is 4.39 Å². The number of para-hydroxylation sites is 2. The minimum Gasteiger partial charge on any atom is -0.268 e. The van der Waals surface area contributed by atoms with E-state index in [9.17, 15) is 9.18 Å². The Labute approximate surface area is 136 Å². The molecule has 0 saturated carbocycles. The zero-order valence-electron chi connectivity index (χ0n) is 12.1. The summed E-state index contributed by atoms with van der Waals surface area (Å²) < 4.78 is 15.5.